The van der Waals surface area contributed by atoms with Gasteiger partial charge in [-0.1, -0.05) is 13.8 Å². The van der Waals surface area contributed by atoms with Crippen LogP contribution in [-0.2, 0) is 10.0 Å². The van der Waals surface area contributed by atoms with Crippen LogP contribution in [0.4, 0.5) is 11.4 Å². The van der Waals surface area contributed by atoms with Gasteiger partial charge in [0, 0.05) is 6.54 Å². The van der Waals surface area contributed by atoms with Gasteiger partial charge >= 0.3 is 5.97 Å². The summed E-state index contributed by atoms with van der Waals surface area (Å²) in [4.78, 5) is 10.9. The van der Waals surface area contributed by atoms with Gasteiger partial charge in [-0.25, -0.2) is 13.2 Å². The number of rotatable bonds is 6. The monoisotopic (exact) mass is 300 g/mol. The van der Waals surface area contributed by atoms with Crippen molar-refractivity contribution in [1.29, 1.82) is 0 Å². The number of carboxylic acids is 1. The molecule has 0 heterocycles. The van der Waals surface area contributed by atoms with E-state index in [9.17, 15) is 13.2 Å². The number of benzene rings is 1. The highest BCUT2D eigenvalue weighted by molar-refractivity contribution is 7.92. The Morgan fingerprint density at radius 1 is 1.40 bits per heavy atom. The Morgan fingerprint density at radius 3 is 2.40 bits per heavy atom. The molecule has 0 bridgehead atoms. The maximum atomic E-state index is 12.3. The van der Waals surface area contributed by atoms with Crippen LogP contribution in [0.25, 0.3) is 0 Å². The number of anilines is 2. The quantitative estimate of drug-likeness (QED) is 0.780. The van der Waals surface area contributed by atoms with Crippen LogP contribution in [0.3, 0.4) is 0 Å². The first-order valence-corrected chi connectivity index (χ1v) is 7.93. The molecule has 0 unspecified atom stereocenters. The molecule has 6 nitrogen and oxygen atoms in total. The van der Waals surface area contributed by atoms with Crippen molar-refractivity contribution < 1.29 is 18.3 Å². The van der Waals surface area contributed by atoms with Crippen molar-refractivity contribution in [2.45, 2.75) is 20.8 Å². The fourth-order valence-corrected chi connectivity index (χ4v) is 3.82. The van der Waals surface area contributed by atoms with Gasteiger partial charge in [-0.2, -0.15) is 0 Å². The molecule has 0 fully saturated rings. The maximum absolute atomic E-state index is 12.3. The fraction of sp³-hybridized carbons (Fsp3) is 0.462. The summed E-state index contributed by atoms with van der Waals surface area (Å²) in [5.74, 6) is -1.09. The number of sulfonamides is 1. The molecular formula is C13H20N2O4S. The molecular weight excluding hydrogens is 280 g/mol. The summed E-state index contributed by atoms with van der Waals surface area (Å²) < 4.78 is 25.8. The molecule has 7 heteroatoms. The average Bonchev–Trinajstić information content (AvgIpc) is 2.29. The molecule has 0 spiro atoms. The van der Waals surface area contributed by atoms with Crippen LogP contribution in [0.5, 0.6) is 0 Å². The van der Waals surface area contributed by atoms with Crippen LogP contribution in [0.15, 0.2) is 18.2 Å². The molecule has 0 aliphatic heterocycles. The highest BCUT2D eigenvalue weighted by atomic mass is 32.2. The first kappa shape index (κ1) is 16.3. The first-order valence-electron chi connectivity index (χ1n) is 6.32. The number of nitrogens with two attached hydrogens (primary N) is 1. The highest BCUT2D eigenvalue weighted by Crippen LogP contribution is 2.27. The Kier molecular flexibility index (Phi) is 4.99. The van der Waals surface area contributed by atoms with E-state index in [-0.39, 0.29) is 29.5 Å². The Balaban J connectivity index is 3.23. The van der Waals surface area contributed by atoms with Crippen molar-refractivity contribution in [1.82, 2.24) is 0 Å². The average molecular weight is 300 g/mol. The van der Waals surface area contributed by atoms with E-state index >= 15 is 0 Å². The molecule has 3 N–H and O–H groups in total. The van der Waals surface area contributed by atoms with E-state index in [0.29, 0.717) is 5.69 Å². The third kappa shape index (κ3) is 3.63. The second-order valence-corrected chi connectivity index (χ2v) is 6.85. The first-order chi connectivity index (χ1) is 9.19. The normalized spacial score (nSPS) is 11.6. The van der Waals surface area contributed by atoms with Crippen LogP contribution in [0.2, 0.25) is 0 Å². The minimum Gasteiger partial charge on any atom is -0.478 e. The van der Waals surface area contributed by atoms with Crippen molar-refractivity contribution in [3.05, 3.63) is 23.8 Å². The van der Waals surface area contributed by atoms with Crippen LogP contribution in [0.1, 0.15) is 31.1 Å². The van der Waals surface area contributed by atoms with E-state index in [1.807, 2.05) is 13.8 Å². The topological polar surface area (TPSA) is 101 Å². The second-order valence-electron chi connectivity index (χ2n) is 4.92. The fourth-order valence-electron chi connectivity index (χ4n) is 1.94. The van der Waals surface area contributed by atoms with Gasteiger partial charge in [-0.05, 0) is 31.0 Å². The SMILES string of the molecule is CCN(c1ccc(C(=O)O)cc1N)S(=O)(=O)CC(C)C. The lowest BCUT2D eigenvalue weighted by Crippen LogP contribution is -2.34. The predicted molar refractivity (Wildman–Crippen MR) is 79.5 cm³/mol. The number of hydrogen-bond acceptors (Lipinski definition) is 4. The molecule has 0 saturated carbocycles. The summed E-state index contributed by atoms with van der Waals surface area (Å²) in [5, 5.41) is 8.89. The Labute approximate surface area is 119 Å². The van der Waals surface area contributed by atoms with E-state index < -0.39 is 16.0 Å². The third-order valence-corrected chi connectivity index (χ3v) is 4.92. The molecule has 0 amide bonds. The molecule has 0 saturated heterocycles. The maximum Gasteiger partial charge on any atom is 0.335 e. The molecule has 0 aliphatic rings. The zero-order valence-electron chi connectivity index (χ0n) is 11.8. The Bertz CT molecular complexity index is 596. The van der Waals surface area contributed by atoms with Crippen LogP contribution in [-0.4, -0.2) is 31.8 Å². The number of aromatic carboxylic acids is 1. The van der Waals surface area contributed by atoms with Crippen LogP contribution in [0, 0.1) is 5.92 Å². The van der Waals surface area contributed by atoms with Gasteiger partial charge in [0.25, 0.3) is 0 Å². The van der Waals surface area contributed by atoms with E-state index in [0.717, 1.165) is 0 Å². The molecule has 0 atom stereocenters. The molecule has 1 aromatic rings. The minimum absolute atomic E-state index is 0.00596. The van der Waals surface area contributed by atoms with Crippen molar-refractivity contribution in [3.8, 4) is 0 Å². The van der Waals surface area contributed by atoms with Crippen LogP contribution < -0.4 is 10.0 Å². The summed E-state index contributed by atoms with van der Waals surface area (Å²) in [6.07, 6.45) is 0. The van der Waals surface area contributed by atoms with Gasteiger partial charge in [0.1, 0.15) is 0 Å². The number of hydrogen-bond donors (Lipinski definition) is 2. The molecule has 20 heavy (non-hydrogen) atoms. The number of nitrogens with zero attached hydrogens (tertiary/aromatic N) is 1. The molecule has 0 aromatic heterocycles. The lowest BCUT2D eigenvalue weighted by atomic mass is 10.2. The molecule has 0 aliphatic carbocycles. The Hall–Kier alpha value is -1.76. The summed E-state index contributed by atoms with van der Waals surface area (Å²) in [6, 6.07) is 4.05. The Morgan fingerprint density at radius 2 is 2.00 bits per heavy atom. The van der Waals surface area contributed by atoms with Crippen molar-refractivity contribution in [2.24, 2.45) is 5.92 Å². The van der Waals surface area contributed by atoms with Gasteiger partial charge in [0.15, 0.2) is 0 Å². The van der Waals surface area contributed by atoms with Crippen molar-refractivity contribution in [3.63, 3.8) is 0 Å². The smallest absolute Gasteiger partial charge is 0.335 e. The van der Waals surface area contributed by atoms with Gasteiger partial charge in [0.2, 0.25) is 10.0 Å². The zero-order valence-corrected chi connectivity index (χ0v) is 12.6. The lowest BCUT2D eigenvalue weighted by molar-refractivity contribution is 0.0697. The zero-order chi connectivity index (χ0) is 15.5. The lowest BCUT2D eigenvalue weighted by Gasteiger charge is -2.25. The van der Waals surface area contributed by atoms with E-state index in [2.05, 4.69) is 0 Å². The largest absolute Gasteiger partial charge is 0.478 e. The summed E-state index contributed by atoms with van der Waals surface area (Å²) in [5.41, 5.74) is 6.28. The number of nitrogen functional groups attached to an aromatic ring is 1. The summed E-state index contributed by atoms with van der Waals surface area (Å²) in [7, 11) is -3.47. The summed E-state index contributed by atoms with van der Waals surface area (Å²) >= 11 is 0. The second kappa shape index (κ2) is 6.13. The number of carboxylic acid groups (broad SMARTS) is 1. The third-order valence-electron chi connectivity index (χ3n) is 2.71. The predicted octanol–water partition coefficient (Wildman–Crippen LogP) is 1.78. The number of carbonyl (C=O) groups is 1. The van der Waals surface area contributed by atoms with Gasteiger partial charge in [-0.3, -0.25) is 4.31 Å². The molecule has 0 radical (unpaired) electrons. The van der Waals surface area contributed by atoms with E-state index in [1.165, 1.54) is 22.5 Å². The van der Waals surface area contributed by atoms with Crippen molar-refractivity contribution in [2.75, 3.05) is 22.3 Å². The van der Waals surface area contributed by atoms with Crippen LogP contribution >= 0.6 is 0 Å². The molecule has 112 valence electrons. The standard InChI is InChI=1S/C13H20N2O4S/c1-4-15(20(18,19)8-9(2)3)12-6-5-10(13(16)17)7-11(12)14/h5-7,9H,4,8,14H2,1-3H3,(H,16,17). The van der Waals surface area contributed by atoms with Crippen molar-refractivity contribution >= 4 is 27.4 Å². The van der Waals surface area contributed by atoms with Gasteiger partial charge in [-0.15, -0.1) is 0 Å². The van der Waals surface area contributed by atoms with E-state index in [1.54, 1.807) is 6.92 Å². The van der Waals surface area contributed by atoms with Gasteiger partial charge < -0.3 is 10.8 Å². The highest BCUT2D eigenvalue weighted by Gasteiger charge is 2.24. The molecule has 1 rings (SSSR count). The van der Waals surface area contributed by atoms with E-state index in [4.69, 9.17) is 10.8 Å². The summed E-state index contributed by atoms with van der Waals surface area (Å²) in [6.45, 7) is 5.60. The minimum atomic E-state index is -3.47. The van der Waals surface area contributed by atoms with Gasteiger partial charge in [0.05, 0.1) is 22.7 Å². The molecule has 1 aromatic carbocycles.